The third-order valence-corrected chi connectivity index (χ3v) is 3.11. The van der Waals surface area contributed by atoms with Gasteiger partial charge in [0.05, 0.1) is 0 Å². The van der Waals surface area contributed by atoms with E-state index >= 15 is 0 Å². The fourth-order valence-electron chi connectivity index (χ4n) is 1.17. The summed E-state index contributed by atoms with van der Waals surface area (Å²) >= 11 is 7.07. The van der Waals surface area contributed by atoms with Crippen LogP contribution in [0.4, 0.5) is 5.00 Å². The number of anilines is 1. The van der Waals surface area contributed by atoms with Gasteiger partial charge < -0.3 is 10.5 Å². The Morgan fingerprint density at radius 3 is 2.94 bits per heavy atom. The summed E-state index contributed by atoms with van der Waals surface area (Å²) in [4.78, 5) is 0. The zero-order valence-corrected chi connectivity index (χ0v) is 10.2. The second-order valence-electron chi connectivity index (χ2n) is 3.28. The second kappa shape index (κ2) is 4.67. The average Bonchev–Trinajstić information content (AvgIpc) is 2.66. The van der Waals surface area contributed by atoms with Crippen LogP contribution in [0.15, 0.2) is 18.2 Å². The van der Waals surface area contributed by atoms with Crippen molar-refractivity contribution in [3.63, 3.8) is 0 Å². The Morgan fingerprint density at radius 1 is 1.50 bits per heavy atom. The fraction of sp³-hybridized carbons (Fsp3) is 0.200. The highest BCUT2D eigenvalue weighted by molar-refractivity contribution is 7.09. The molecule has 0 radical (unpaired) electrons. The van der Waals surface area contributed by atoms with Gasteiger partial charge in [0.25, 0.3) is 0 Å². The smallest absolute Gasteiger partial charge is 0.136 e. The summed E-state index contributed by atoms with van der Waals surface area (Å²) in [5.74, 6) is 0.745. The highest BCUT2D eigenvalue weighted by Crippen LogP contribution is 2.22. The molecule has 0 spiro atoms. The molecule has 0 aliphatic rings. The summed E-state index contributed by atoms with van der Waals surface area (Å²) in [5, 5.41) is 5.18. The van der Waals surface area contributed by atoms with Gasteiger partial charge >= 0.3 is 0 Å². The lowest BCUT2D eigenvalue weighted by Crippen LogP contribution is -1.99. The highest BCUT2D eigenvalue weighted by Gasteiger charge is 2.05. The van der Waals surface area contributed by atoms with Crippen molar-refractivity contribution >= 4 is 28.1 Å². The number of nitrogens with zero attached hydrogens (tertiary/aromatic N) is 2. The van der Waals surface area contributed by atoms with Crippen molar-refractivity contribution in [2.24, 2.45) is 0 Å². The lowest BCUT2D eigenvalue weighted by molar-refractivity contribution is 0.301. The maximum absolute atomic E-state index is 5.91. The number of ether oxygens (including phenoxy) is 1. The van der Waals surface area contributed by atoms with E-state index in [0.29, 0.717) is 17.3 Å². The van der Waals surface area contributed by atoms with Crippen LogP contribution < -0.4 is 10.5 Å². The van der Waals surface area contributed by atoms with Gasteiger partial charge in [-0.05, 0) is 30.7 Å². The standard InChI is InChI=1S/C10H10ClN3OS/c1-6-4-7(2-3-8(6)11)15-5-9-10(12)16-14-13-9/h2-4H,5,12H2,1H3. The topological polar surface area (TPSA) is 61.0 Å². The van der Waals surface area contributed by atoms with Gasteiger partial charge in [0.1, 0.15) is 23.1 Å². The SMILES string of the molecule is Cc1cc(OCc2nnsc2N)ccc1Cl. The van der Waals surface area contributed by atoms with Crippen LogP contribution >= 0.6 is 23.1 Å². The van der Waals surface area contributed by atoms with Crippen molar-refractivity contribution < 1.29 is 4.74 Å². The van der Waals surface area contributed by atoms with Crippen LogP contribution in [-0.2, 0) is 6.61 Å². The number of aryl methyl sites for hydroxylation is 1. The van der Waals surface area contributed by atoms with E-state index in [-0.39, 0.29) is 0 Å². The van der Waals surface area contributed by atoms with E-state index in [0.717, 1.165) is 27.9 Å². The molecule has 2 N–H and O–H groups in total. The van der Waals surface area contributed by atoms with Crippen LogP contribution in [-0.4, -0.2) is 9.59 Å². The molecule has 6 heteroatoms. The maximum Gasteiger partial charge on any atom is 0.136 e. The van der Waals surface area contributed by atoms with E-state index in [9.17, 15) is 0 Å². The molecule has 1 aromatic heterocycles. The number of nitrogen functional groups attached to an aromatic ring is 1. The summed E-state index contributed by atoms with van der Waals surface area (Å²) < 4.78 is 9.26. The molecule has 0 amide bonds. The molecule has 0 atom stereocenters. The first-order chi connectivity index (χ1) is 7.66. The largest absolute Gasteiger partial charge is 0.487 e. The molecule has 1 heterocycles. The molecule has 0 aliphatic heterocycles. The van der Waals surface area contributed by atoms with Crippen molar-refractivity contribution in [3.05, 3.63) is 34.5 Å². The molecule has 0 saturated heterocycles. The van der Waals surface area contributed by atoms with Gasteiger partial charge in [-0.25, -0.2) is 0 Å². The Balaban J connectivity index is 2.05. The molecule has 0 saturated carbocycles. The number of halogens is 1. The van der Waals surface area contributed by atoms with E-state index in [1.165, 1.54) is 0 Å². The minimum atomic E-state index is 0.323. The van der Waals surface area contributed by atoms with E-state index in [4.69, 9.17) is 22.1 Å². The Bertz CT molecular complexity index is 501. The average molecular weight is 256 g/mol. The Hall–Kier alpha value is -1.33. The van der Waals surface area contributed by atoms with Crippen LogP contribution in [0.1, 0.15) is 11.3 Å². The normalized spacial score (nSPS) is 10.4. The van der Waals surface area contributed by atoms with E-state index in [1.807, 2.05) is 19.1 Å². The lowest BCUT2D eigenvalue weighted by atomic mass is 10.2. The maximum atomic E-state index is 5.91. The Kier molecular flexibility index (Phi) is 3.26. The lowest BCUT2D eigenvalue weighted by Gasteiger charge is -2.06. The monoisotopic (exact) mass is 255 g/mol. The molecule has 0 bridgehead atoms. The molecule has 2 rings (SSSR count). The number of hydrogen-bond donors (Lipinski definition) is 1. The van der Waals surface area contributed by atoms with Gasteiger partial charge in [-0.1, -0.05) is 16.1 Å². The predicted octanol–water partition coefficient (Wildman–Crippen LogP) is 2.66. The molecule has 0 aliphatic carbocycles. The van der Waals surface area contributed by atoms with Crippen molar-refractivity contribution in [3.8, 4) is 5.75 Å². The van der Waals surface area contributed by atoms with E-state index < -0.39 is 0 Å². The van der Waals surface area contributed by atoms with E-state index in [1.54, 1.807) is 6.07 Å². The number of benzene rings is 1. The van der Waals surface area contributed by atoms with Crippen molar-refractivity contribution in [1.29, 1.82) is 0 Å². The fourth-order valence-corrected chi connectivity index (χ4v) is 1.72. The first-order valence-corrected chi connectivity index (χ1v) is 5.77. The summed E-state index contributed by atoms with van der Waals surface area (Å²) in [6, 6.07) is 5.48. The molecule has 1 aromatic carbocycles. The van der Waals surface area contributed by atoms with Gasteiger partial charge in [-0.2, -0.15) is 0 Å². The van der Waals surface area contributed by atoms with Gasteiger partial charge in [0.2, 0.25) is 0 Å². The second-order valence-corrected chi connectivity index (χ2v) is 4.48. The zero-order chi connectivity index (χ0) is 11.5. The van der Waals surface area contributed by atoms with Crippen molar-refractivity contribution in [2.75, 3.05) is 5.73 Å². The summed E-state index contributed by atoms with van der Waals surface area (Å²) in [7, 11) is 0. The van der Waals surface area contributed by atoms with Gasteiger partial charge in [-0.3, -0.25) is 0 Å². The molecule has 0 fully saturated rings. The summed E-state index contributed by atoms with van der Waals surface area (Å²) in [5.41, 5.74) is 7.29. The quantitative estimate of drug-likeness (QED) is 0.916. The molecule has 4 nitrogen and oxygen atoms in total. The predicted molar refractivity (Wildman–Crippen MR) is 64.8 cm³/mol. The Morgan fingerprint density at radius 2 is 2.31 bits per heavy atom. The van der Waals surface area contributed by atoms with Gasteiger partial charge in [0, 0.05) is 16.6 Å². The van der Waals surface area contributed by atoms with Gasteiger partial charge in [0.15, 0.2) is 0 Å². The van der Waals surface area contributed by atoms with Crippen LogP contribution in [0.5, 0.6) is 5.75 Å². The summed E-state index contributed by atoms with van der Waals surface area (Å²) in [6.45, 7) is 2.25. The molecular formula is C10H10ClN3OS. The molecule has 16 heavy (non-hydrogen) atoms. The minimum absolute atomic E-state index is 0.323. The number of nitrogens with two attached hydrogens (primary N) is 1. The number of aromatic nitrogens is 2. The third kappa shape index (κ3) is 2.43. The van der Waals surface area contributed by atoms with Crippen LogP contribution in [0.3, 0.4) is 0 Å². The molecule has 0 unspecified atom stereocenters. The highest BCUT2D eigenvalue weighted by atomic mass is 35.5. The zero-order valence-electron chi connectivity index (χ0n) is 8.61. The van der Waals surface area contributed by atoms with Crippen LogP contribution in [0.25, 0.3) is 0 Å². The molecule has 2 aromatic rings. The number of hydrogen-bond acceptors (Lipinski definition) is 5. The van der Waals surface area contributed by atoms with Crippen molar-refractivity contribution in [1.82, 2.24) is 9.59 Å². The molecular weight excluding hydrogens is 246 g/mol. The minimum Gasteiger partial charge on any atom is -0.487 e. The first kappa shape index (κ1) is 11.2. The van der Waals surface area contributed by atoms with Crippen LogP contribution in [0.2, 0.25) is 5.02 Å². The number of rotatable bonds is 3. The van der Waals surface area contributed by atoms with E-state index in [2.05, 4.69) is 9.59 Å². The van der Waals surface area contributed by atoms with Crippen LogP contribution in [0, 0.1) is 6.92 Å². The Labute approximate surface area is 102 Å². The van der Waals surface area contributed by atoms with Gasteiger partial charge in [-0.15, -0.1) is 5.10 Å². The molecule has 84 valence electrons. The summed E-state index contributed by atoms with van der Waals surface area (Å²) in [6.07, 6.45) is 0. The van der Waals surface area contributed by atoms with Crippen molar-refractivity contribution in [2.45, 2.75) is 13.5 Å². The third-order valence-electron chi connectivity index (χ3n) is 2.09. The first-order valence-electron chi connectivity index (χ1n) is 4.62.